The first-order valence-electron chi connectivity index (χ1n) is 7.63. The van der Waals surface area contributed by atoms with E-state index in [-0.39, 0.29) is 5.91 Å². The van der Waals surface area contributed by atoms with Crippen LogP contribution in [0.15, 0.2) is 18.2 Å². The Hall–Kier alpha value is -1.91. The molecule has 3 rings (SSSR count). The van der Waals surface area contributed by atoms with Crippen molar-refractivity contribution in [2.75, 3.05) is 38.2 Å². The van der Waals surface area contributed by atoms with Crippen LogP contribution in [-0.4, -0.2) is 43.7 Å². The zero-order valence-corrected chi connectivity index (χ0v) is 12.4. The quantitative estimate of drug-likeness (QED) is 0.926. The van der Waals surface area contributed by atoms with E-state index in [1.165, 1.54) is 6.42 Å². The molecule has 1 amide bonds. The lowest BCUT2D eigenvalue weighted by Crippen LogP contribution is -2.41. The Kier molecular flexibility index (Phi) is 4.18. The second-order valence-corrected chi connectivity index (χ2v) is 5.80. The van der Waals surface area contributed by atoms with Crippen LogP contribution in [0.5, 0.6) is 11.5 Å². The van der Waals surface area contributed by atoms with Gasteiger partial charge in [-0.15, -0.1) is 0 Å². The van der Waals surface area contributed by atoms with Crippen molar-refractivity contribution in [2.24, 2.45) is 5.92 Å². The summed E-state index contributed by atoms with van der Waals surface area (Å²) in [5.74, 6) is 2.28. The van der Waals surface area contributed by atoms with Crippen LogP contribution in [0.4, 0.5) is 5.69 Å². The minimum absolute atomic E-state index is 0.163. The molecule has 5 nitrogen and oxygen atoms in total. The molecule has 1 aromatic rings. The Labute approximate surface area is 125 Å². The fraction of sp³-hybridized carbons (Fsp3) is 0.562. The third-order valence-electron chi connectivity index (χ3n) is 4.00. The zero-order valence-electron chi connectivity index (χ0n) is 12.4. The van der Waals surface area contributed by atoms with E-state index in [0.717, 1.165) is 36.7 Å². The summed E-state index contributed by atoms with van der Waals surface area (Å²) in [5, 5.41) is 3.18. The molecule has 1 N–H and O–H groups in total. The number of piperidine rings is 1. The number of hydrogen-bond donors (Lipinski definition) is 1. The van der Waals surface area contributed by atoms with Crippen molar-refractivity contribution in [3.05, 3.63) is 18.2 Å². The van der Waals surface area contributed by atoms with E-state index in [1.54, 1.807) is 0 Å². The maximum Gasteiger partial charge on any atom is 0.241 e. The third kappa shape index (κ3) is 3.40. The van der Waals surface area contributed by atoms with Crippen molar-refractivity contribution in [1.29, 1.82) is 0 Å². The summed E-state index contributed by atoms with van der Waals surface area (Å²) >= 11 is 0. The maximum atomic E-state index is 12.2. The molecule has 114 valence electrons. The summed E-state index contributed by atoms with van der Waals surface area (Å²) in [6, 6.07) is 5.69. The highest BCUT2D eigenvalue weighted by Crippen LogP contribution is 2.32. The highest BCUT2D eigenvalue weighted by Gasteiger charge is 2.20. The van der Waals surface area contributed by atoms with E-state index in [1.807, 2.05) is 23.1 Å². The topological polar surface area (TPSA) is 50.8 Å². The normalized spacial score (nSPS) is 21.0. The molecule has 0 aromatic heterocycles. The molecule has 1 unspecified atom stereocenters. The van der Waals surface area contributed by atoms with Gasteiger partial charge in [-0.2, -0.15) is 0 Å². The summed E-state index contributed by atoms with van der Waals surface area (Å²) in [6.45, 7) is 5.44. The standard InChI is InChI=1S/C16H22N2O3/c1-12-3-2-6-18(11-12)16(19)10-17-13-4-5-14-15(9-13)21-8-7-20-14/h4-5,9,12,17H,2-3,6-8,10-11H2,1H3. The second kappa shape index (κ2) is 6.24. The number of carbonyl (C=O) groups is 1. The number of nitrogens with one attached hydrogen (secondary N) is 1. The van der Waals surface area contributed by atoms with Crippen molar-refractivity contribution >= 4 is 11.6 Å². The van der Waals surface area contributed by atoms with Crippen LogP contribution < -0.4 is 14.8 Å². The molecule has 0 aliphatic carbocycles. The zero-order chi connectivity index (χ0) is 14.7. The van der Waals surface area contributed by atoms with Gasteiger partial charge in [0.1, 0.15) is 13.2 Å². The van der Waals surface area contributed by atoms with Crippen LogP contribution in [0.1, 0.15) is 19.8 Å². The average molecular weight is 290 g/mol. The van der Waals surface area contributed by atoms with Crippen LogP contribution in [0.3, 0.4) is 0 Å². The van der Waals surface area contributed by atoms with Crippen molar-refractivity contribution in [2.45, 2.75) is 19.8 Å². The molecular formula is C16H22N2O3. The van der Waals surface area contributed by atoms with E-state index in [2.05, 4.69) is 12.2 Å². The fourth-order valence-electron chi connectivity index (χ4n) is 2.86. The Morgan fingerprint density at radius 2 is 2.14 bits per heavy atom. The Morgan fingerprint density at radius 1 is 1.33 bits per heavy atom. The van der Waals surface area contributed by atoms with Crippen LogP contribution in [0.25, 0.3) is 0 Å². The summed E-state index contributed by atoms with van der Waals surface area (Å²) in [7, 11) is 0. The summed E-state index contributed by atoms with van der Waals surface area (Å²) < 4.78 is 11.0. The van der Waals surface area contributed by atoms with Gasteiger partial charge in [-0.3, -0.25) is 4.79 Å². The number of fused-ring (bicyclic) bond motifs is 1. The second-order valence-electron chi connectivity index (χ2n) is 5.80. The van der Waals surface area contributed by atoms with Crippen LogP contribution in [-0.2, 0) is 4.79 Å². The molecule has 2 heterocycles. The fourth-order valence-corrected chi connectivity index (χ4v) is 2.86. The van der Waals surface area contributed by atoms with E-state index < -0.39 is 0 Å². The first-order chi connectivity index (χ1) is 10.2. The molecule has 2 aliphatic rings. The van der Waals surface area contributed by atoms with Gasteiger partial charge < -0.3 is 19.7 Å². The molecule has 0 spiro atoms. The van der Waals surface area contributed by atoms with Gasteiger partial charge in [0.05, 0.1) is 6.54 Å². The first-order valence-corrected chi connectivity index (χ1v) is 7.63. The third-order valence-corrected chi connectivity index (χ3v) is 4.00. The number of amides is 1. The highest BCUT2D eigenvalue weighted by molar-refractivity contribution is 5.81. The van der Waals surface area contributed by atoms with E-state index in [9.17, 15) is 4.79 Å². The van der Waals surface area contributed by atoms with E-state index in [0.29, 0.717) is 25.7 Å². The molecule has 1 atom stereocenters. The lowest BCUT2D eigenvalue weighted by molar-refractivity contribution is -0.130. The first kappa shape index (κ1) is 14.0. The molecule has 5 heteroatoms. The predicted molar refractivity (Wildman–Crippen MR) is 80.9 cm³/mol. The van der Waals surface area contributed by atoms with Crippen molar-refractivity contribution in [3.63, 3.8) is 0 Å². The van der Waals surface area contributed by atoms with Gasteiger partial charge in [-0.05, 0) is 30.9 Å². The Bertz CT molecular complexity index is 518. The number of hydrogen-bond acceptors (Lipinski definition) is 4. The molecule has 2 aliphatic heterocycles. The maximum absolute atomic E-state index is 12.2. The van der Waals surface area contributed by atoms with Gasteiger partial charge in [0.2, 0.25) is 5.91 Å². The Balaban J connectivity index is 1.56. The van der Waals surface area contributed by atoms with E-state index in [4.69, 9.17) is 9.47 Å². The number of nitrogens with zero attached hydrogens (tertiary/aromatic N) is 1. The van der Waals surface area contributed by atoms with Crippen molar-refractivity contribution in [3.8, 4) is 11.5 Å². The number of anilines is 1. The summed E-state index contributed by atoms with van der Waals surface area (Å²) in [5.41, 5.74) is 0.887. The van der Waals surface area contributed by atoms with Crippen LogP contribution in [0.2, 0.25) is 0 Å². The van der Waals surface area contributed by atoms with Gasteiger partial charge in [0.15, 0.2) is 11.5 Å². The monoisotopic (exact) mass is 290 g/mol. The van der Waals surface area contributed by atoms with Gasteiger partial charge in [-0.25, -0.2) is 0 Å². The Morgan fingerprint density at radius 3 is 2.95 bits per heavy atom. The van der Waals surface area contributed by atoms with Crippen LogP contribution in [0, 0.1) is 5.92 Å². The largest absolute Gasteiger partial charge is 0.486 e. The molecule has 1 saturated heterocycles. The lowest BCUT2D eigenvalue weighted by atomic mass is 10.0. The van der Waals surface area contributed by atoms with Crippen LogP contribution >= 0.6 is 0 Å². The summed E-state index contributed by atoms with van der Waals surface area (Å²) in [6.07, 6.45) is 2.33. The molecular weight excluding hydrogens is 268 g/mol. The average Bonchev–Trinajstić information content (AvgIpc) is 2.52. The molecule has 21 heavy (non-hydrogen) atoms. The number of carbonyl (C=O) groups excluding carboxylic acids is 1. The van der Waals surface area contributed by atoms with Gasteiger partial charge >= 0.3 is 0 Å². The number of likely N-dealkylation sites (tertiary alicyclic amines) is 1. The molecule has 1 fully saturated rings. The summed E-state index contributed by atoms with van der Waals surface area (Å²) in [4.78, 5) is 14.2. The van der Waals surface area contributed by atoms with Crippen molar-refractivity contribution < 1.29 is 14.3 Å². The smallest absolute Gasteiger partial charge is 0.241 e. The molecule has 0 radical (unpaired) electrons. The minimum Gasteiger partial charge on any atom is -0.486 e. The minimum atomic E-state index is 0.163. The van der Waals surface area contributed by atoms with E-state index >= 15 is 0 Å². The molecule has 1 aromatic carbocycles. The van der Waals surface area contributed by atoms with Crippen molar-refractivity contribution in [1.82, 2.24) is 4.90 Å². The molecule has 0 saturated carbocycles. The highest BCUT2D eigenvalue weighted by atomic mass is 16.6. The number of benzene rings is 1. The van der Waals surface area contributed by atoms with Gasteiger partial charge in [0, 0.05) is 24.8 Å². The molecule has 0 bridgehead atoms. The lowest BCUT2D eigenvalue weighted by Gasteiger charge is -2.31. The predicted octanol–water partition coefficient (Wildman–Crippen LogP) is 2.13. The SMILES string of the molecule is CC1CCCN(C(=O)CNc2ccc3c(c2)OCCO3)C1. The van der Waals surface area contributed by atoms with Gasteiger partial charge in [-0.1, -0.05) is 6.92 Å². The number of ether oxygens (including phenoxy) is 2. The van der Waals surface area contributed by atoms with Gasteiger partial charge in [0.25, 0.3) is 0 Å². The number of rotatable bonds is 3.